The van der Waals surface area contributed by atoms with Gasteiger partial charge >= 0.3 is 0 Å². The Labute approximate surface area is 73.8 Å². The van der Waals surface area contributed by atoms with Gasteiger partial charge in [-0.25, -0.2) is 0 Å². The highest BCUT2D eigenvalue weighted by Crippen LogP contribution is 2.29. The minimum absolute atomic E-state index is 0.612. The van der Waals surface area contributed by atoms with Crippen LogP contribution in [0.2, 0.25) is 0 Å². The largest absolute Gasteiger partial charge is 0.382 e. The summed E-state index contributed by atoms with van der Waals surface area (Å²) < 4.78 is 0. The summed E-state index contributed by atoms with van der Waals surface area (Å²) >= 11 is 0. The molecule has 0 bridgehead atoms. The van der Waals surface area contributed by atoms with Crippen LogP contribution in [0.4, 0.5) is 5.69 Å². The summed E-state index contributed by atoms with van der Waals surface area (Å²) in [5, 5.41) is 3.49. The first-order valence-corrected chi connectivity index (χ1v) is 4.53. The van der Waals surface area contributed by atoms with E-state index < -0.39 is 0 Å². The van der Waals surface area contributed by atoms with Gasteiger partial charge in [-0.3, -0.25) is 0 Å². The fourth-order valence-electron chi connectivity index (χ4n) is 2.05. The van der Waals surface area contributed by atoms with Gasteiger partial charge in [0, 0.05) is 11.7 Å². The molecule has 2 rings (SSSR count). The molecule has 1 aliphatic heterocycles. The van der Waals surface area contributed by atoms with Crippen LogP contribution in [0.1, 0.15) is 23.6 Å². The predicted molar refractivity (Wildman–Crippen MR) is 52.7 cm³/mol. The lowest BCUT2D eigenvalue weighted by molar-refractivity contribution is 0.839. The van der Waals surface area contributed by atoms with Crippen molar-refractivity contribution < 1.29 is 0 Å². The molecular formula is C11H15N. The van der Waals surface area contributed by atoms with Crippen LogP contribution in [0.15, 0.2) is 12.1 Å². The molecule has 0 fully saturated rings. The van der Waals surface area contributed by atoms with E-state index in [4.69, 9.17) is 0 Å². The molecular weight excluding hydrogens is 146 g/mol. The normalized spacial score (nSPS) is 20.4. The third-order valence-corrected chi connectivity index (χ3v) is 2.48. The molecule has 1 heterocycles. The summed E-state index contributed by atoms with van der Waals surface area (Å²) in [6, 6.07) is 5.14. The molecule has 1 N–H and O–H groups in total. The van der Waals surface area contributed by atoms with Crippen molar-refractivity contribution in [3.05, 3.63) is 28.8 Å². The number of benzene rings is 1. The summed E-state index contributed by atoms with van der Waals surface area (Å²) in [6.07, 6.45) is 1.18. The summed E-state index contributed by atoms with van der Waals surface area (Å²) in [4.78, 5) is 0. The first-order valence-electron chi connectivity index (χ1n) is 4.53. The summed E-state index contributed by atoms with van der Waals surface area (Å²) in [7, 11) is 0. The van der Waals surface area contributed by atoms with Crippen LogP contribution in [-0.2, 0) is 6.42 Å². The van der Waals surface area contributed by atoms with E-state index in [0.717, 1.165) is 0 Å². The Bertz CT molecular complexity index is 315. The fraction of sp³-hybridized carbons (Fsp3) is 0.455. The first-order chi connectivity index (χ1) is 5.66. The molecule has 1 aliphatic rings. The van der Waals surface area contributed by atoms with Gasteiger partial charge in [0.15, 0.2) is 0 Å². The van der Waals surface area contributed by atoms with Crippen molar-refractivity contribution in [3.8, 4) is 0 Å². The zero-order chi connectivity index (χ0) is 8.72. The number of anilines is 1. The highest BCUT2D eigenvalue weighted by Gasteiger charge is 2.17. The molecule has 0 radical (unpaired) electrons. The minimum Gasteiger partial charge on any atom is -0.382 e. The second-order valence-electron chi connectivity index (χ2n) is 3.87. The smallest absolute Gasteiger partial charge is 0.0405 e. The molecule has 1 aromatic rings. The van der Waals surface area contributed by atoms with E-state index in [0.29, 0.717) is 6.04 Å². The van der Waals surface area contributed by atoms with Crippen LogP contribution in [0.3, 0.4) is 0 Å². The predicted octanol–water partition coefficient (Wildman–Crippen LogP) is 2.66. The monoisotopic (exact) mass is 161 g/mol. The molecule has 1 unspecified atom stereocenters. The molecule has 0 aliphatic carbocycles. The molecule has 1 nitrogen and oxygen atoms in total. The van der Waals surface area contributed by atoms with E-state index in [1.54, 1.807) is 0 Å². The molecule has 0 saturated heterocycles. The lowest BCUT2D eigenvalue weighted by Gasteiger charge is -2.06. The highest BCUT2D eigenvalue weighted by atomic mass is 14.9. The Morgan fingerprint density at radius 3 is 2.83 bits per heavy atom. The topological polar surface area (TPSA) is 12.0 Å². The summed E-state index contributed by atoms with van der Waals surface area (Å²) in [5.74, 6) is 0. The maximum atomic E-state index is 3.49. The van der Waals surface area contributed by atoms with Crippen molar-refractivity contribution >= 4 is 5.69 Å². The standard InChI is InChI=1S/C11H15N/c1-7-4-8(2)11-10(5-7)6-9(3)12-11/h4-5,9,12H,6H2,1-3H3. The number of rotatable bonds is 0. The van der Waals surface area contributed by atoms with Crippen LogP contribution in [0, 0.1) is 13.8 Å². The Morgan fingerprint density at radius 2 is 2.08 bits per heavy atom. The Kier molecular flexibility index (Phi) is 1.60. The number of nitrogens with one attached hydrogen (secondary N) is 1. The number of aryl methyl sites for hydroxylation is 2. The minimum atomic E-state index is 0.612. The van der Waals surface area contributed by atoms with E-state index in [1.165, 1.54) is 28.8 Å². The molecule has 0 aromatic heterocycles. The Hall–Kier alpha value is -0.980. The molecule has 64 valence electrons. The van der Waals surface area contributed by atoms with Crippen molar-refractivity contribution in [2.75, 3.05) is 5.32 Å². The molecule has 1 atom stereocenters. The van der Waals surface area contributed by atoms with Crippen molar-refractivity contribution in [1.82, 2.24) is 0 Å². The lowest BCUT2D eigenvalue weighted by atomic mass is 10.0. The number of hydrogen-bond donors (Lipinski definition) is 1. The van der Waals surface area contributed by atoms with Crippen molar-refractivity contribution in [3.63, 3.8) is 0 Å². The molecule has 0 saturated carbocycles. The van der Waals surface area contributed by atoms with Gasteiger partial charge in [-0.1, -0.05) is 17.7 Å². The van der Waals surface area contributed by atoms with Gasteiger partial charge in [0.2, 0.25) is 0 Å². The van der Waals surface area contributed by atoms with Crippen LogP contribution >= 0.6 is 0 Å². The first kappa shape index (κ1) is 7.66. The van der Waals surface area contributed by atoms with Gasteiger partial charge in [0.05, 0.1) is 0 Å². The molecule has 0 amide bonds. The zero-order valence-corrected chi connectivity index (χ0v) is 7.94. The quantitative estimate of drug-likeness (QED) is 0.617. The maximum Gasteiger partial charge on any atom is 0.0405 e. The second kappa shape index (κ2) is 2.51. The van der Waals surface area contributed by atoms with Gasteiger partial charge in [-0.2, -0.15) is 0 Å². The number of fused-ring (bicyclic) bond motifs is 1. The Morgan fingerprint density at radius 1 is 1.33 bits per heavy atom. The third kappa shape index (κ3) is 1.09. The van der Waals surface area contributed by atoms with Gasteiger partial charge in [-0.05, 0) is 38.3 Å². The van der Waals surface area contributed by atoms with Crippen molar-refractivity contribution in [2.45, 2.75) is 33.2 Å². The van der Waals surface area contributed by atoms with E-state index in [1.807, 2.05) is 0 Å². The SMILES string of the molecule is Cc1cc(C)c2c(c1)CC(C)N2. The van der Waals surface area contributed by atoms with Crippen LogP contribution in [0.5, 0.6) is 0 Å². The van der Waals surface area contributed by atoms with Crippen LogP contribution in [0.25, 0.3) is 0 Å². The fourth-order valence-corrected chi connectivity index (χ4v) is 2.05. The van der Waals surface area contributed by atoms with E-state index in [9.17, 15) is 0 Å². The lowest BCUT2D eigenvalue weighted by Crippen LogP contribution is -2.08. The van der Waals surface area contributed by atoms with Crippen molar-refractivity contribution in [2.24, 2.45) is 0 Å². The third-order valence-electron chi connectivity index (χ3n) is 2.48. The average molecular weight is 161 g/mol. The molecule has 1 aromatic carbocycles. The van der Waals surface area contributed by atoms with Crippen LogP contribution in [-0.4, -0.2) is 6.04 Å². The molecule has 0 spiro atoms. The number of hydrogen-bond acceptors (Lipinski definition) is 1. The highest BCUT2D eigenvalue weighted by molar-refractivity contribution is 5.62. The Balaban J connectivity index is 2.52. The zero-order valence-electron chi connectivity index (χ0n) is 7.94. The van der Waals surface area contributed by atoms with Gasteiger partial charge in [-0.15, -0.1) is 0 Å². The van der Waals surface area contributed by atoms with Gasteiger partial charge < -0.3 is 5.32 Å². The van der Waals surface area contributed by atoms with E-state index in [-0.39, 0.29) is 0 Å². The summed E-state index contributed by atoms with van der Waals surface area (Å²) in [5.41, 5.74) is 5.62. The molecule has 1 heteroatoms. The van der Waals surface area contributed by atoms with E-state index in [2.05, 4.69) is 38.2 Å². The van der Waals surface area contributed by atoms with Crippen LogP contribution < -0.4 is 5.32 Å². The second-order valence-corrected chi connectivity index (χ2v) is 3.87. The summed E-state index contributed by atoms with van der Waals surface area (Å²) in [6.45, 7) is 6.57. The van der Waals surface area contributed by atoms with Gasteiger partial charge in [0.1, 0.15) is 0 Å². The average Bonchev–Trinajstić information content (AvgIpc) is 2.29. The van der Waals surface area contributed by atoms with Crippen molar-refractivity contribution in [1.29, 1.82) is 0 Å². The molecule has 12 heavy (non-hydrogen) atoms. The maximum absolute atomic E-state index is 3.49. The van der Waals surface area contributed by atoms with E-state index >= 15 is 0 Å². The van der Waals surface area contributed by atoms with Gasteiger partial charge in [0.25, 0.3) is 0 Å².